The fourth-order valence-electron chi connectivity index (χ4n) is 2.39. The number of aliphatic hydroxyl groups is 1. The molecular formula is C18H21Cl2NOS. The van der Waals surface area contributed by atoms with Gasteiger partial charge in [-0.05, 0) is 49.4 Å². The topological polar surface area (TPSA) is 32.3 Å². The van der Waals surface area contributed by atoms with Gasteiger partial charge in [0, 0.05) is 33.7 Å². The lowest BCUT2D eigenvalue weighted by Crippen LogP contribution is -2.38. The molecule has 0 bridgehead atoms. The van der Waals surface area contributed by atoms with Crippen LogP contribution < -0.4 is 5.32 Å². The van der Waals surface area contributed by atoms with Crippen LogP contribution in [0.25, 0.3) is 0 Å². The molecule has 1 unspecified atom stereocenters. The van der Waals surface area contributed by atoms with E-state index in [0.717, 1.165) is 16.9 Å². The smallest absolute Gasteiger partial charge is 0.0783 e. The molecule has 2 N–H and O–H groups in total. The molecule has 0 radical (unpaired) electrons. The van der Waals surface area contributed by atoms with E-state index in [1.54, 1.807) is 17.8 Å². The molecule has 0 spiro atoms. The Hall–Kier alpha value is -0.710. The number of likely N-dealkylation sites (N-methyl/N-ethyl adjacent to an activating group) is 1. The predicted molar refractivity (Wildman–Crippen MR) is 101 cm³/mol. The third-order valence-electron chi connectivity index (χ3n) is 3.48. The molecule has 5 heteroatoms. The lowest BCUT2D eigenvalue weighted by Gasteiger charge is -2.23. The third-order valence-corrected chi connectivity index (χ3v) is 5.12. The predicted octanol–water partition coefficient (Wildman–Crippen LogP) is 4.80. The van der Waals surface area contributed by atoms with E-state index in [-0.39, 0.29) is 0 Å². The van der Waals surface area contributed by atoms with Crippen LogP contribution in [0.3, 0.4) is 0 Å². The summed E-state index contributed by atoms with van der Waals surface area (Å²) in [4.78, 5) is 1.17. The van der Waals surface area contributed by atoms with Crippen LogP contribution in [0.4, 0.5) is 0 Å². The van der Waals surface area contributed by atoms with Crippen LogP contribution in [0.2, 0.25) is 10.0 Å². The van der Waals surface area contributed by atoms with Crippen molar-refractivity contribution in [2.75, 3.05) is 13.6 Å². The van der Waals surface area contributed by atoms with Crippen molar-refractivity contribution < 1.29 is 5.11 Å². The Morgan fingerprint density at radius 3 is 2.43 bits per heavy atom. The molecule has 0 aliphatic carbocycles. The summed E-state index contributed by atoms with van der Waals surface area (Å²) in [7, 11) is 1.84. The van der Waals surface area contributed by atoms with E-state index in [9.17, 15) is 5.11 Å². The molecule has 0 aliphatic rings. The van der Waals surface area contributed by atoms with Crippen molar-refractivity contribution in [2.24, 2.45) is 0 Å². The van der Waals surface area contributed by atoms with E-state index in [0.29, 0.717) is 23.0 Å². The molecule has 0 heterocycles. The number of halogens is 2. The van der Waals surface area contributed by atoms with Gasteiger partial charge in [-0.15, -0.1) is 11.8 Å². The summed E-state index contributed by atoms with van der Waals surface area (Å²) < 4.78 is 0. The van der Waals surface area contributed by atoms with E-state index < -0.39 is 5.60 Å². The van der Waals surface area contributed by atoms with E-state index in [1.807, 2.05) is 26.1 Å². The Kier molecular flexibility index (Phi) is 6.81. The SMILES string of the molecule is CNCC(C)(O)Cc1ccc(SCc2ccc(Cl)cc2Cl)cc1. The first kappa shape index (κ1) is 18.6. The van der Waals surface area contributed by atoms with Crippen molar-refractivity contribution >= 4 is 35.0 Å². The van der Waals surface area contributed by atoms with Gasteiger partial charge in [-0.3, -0.25) is 0 Å². The highest BCUT2D eigenvalue weighted by atomic mass is 35.5. The molecule has 0 aliphatic heterocycles. The van der Waals surface area contributed by atoms with Gasteiger partial charge in [-0.25, -0.2) is 0 Å². The fourth-order valence-corrected chi connectivity index (χ4v) is 3.84. The second kappa shape index (κ2) is 8.41. The Morgan fingerprint density at radius 1 is 1.13 bits per heavy atom. The van der Waals surface area contributed by atoms with Crippen LogP contribution in [0.1, 0.15) is 18.1 Å². The van der Waals surface area contributed by atoms with Gasteiger partial charge >= 0.3 is 0 Å². The van der Waals surface area contributed by atoms with Crippen LogP contribution >= 0.6 is 35.0 Å². The number of hydrogen-bond donors (Lipinski definition) is 2. The van der Waals surface area contributed by atoms with Crippen LogP contribution in [-0.2, 0) is 12.2 Å². The van der Waals surface area contributed by atoms with Crippen molar-refractivity contribution in [3.63, 3.8) is 0 Å². The van der Waals surface area contributed by atoms with Gasteiger partial charge in [0.15, 0.2) is 0 Å². The standard InChI is InChI=1S/C18H21Cl2NOS/c1-18(22,12-21-2)10-13-3-7-16(8-4-13)23-11-14-5-6-15(19)9-17(14)20/h3-9,21-22H,10-12H2,1-2H3. The molecule has 2 rings (SSSR count). The average Bonchev–Trinajstić information content (AvgIpc) is 2.47. The van der Waals surface area contributed by atoms with Crippen LogP contribution in [-0.4, -0.2) is 24.3 Å². The van der Waals surface area contributed by atoms with Crippen LogP contribution in [0.5, 0.6) is 0 Å². The minimum Gasteiger partial charge on any atom is -0.389 e. The van der Waals surface area contributed by atoms with Crippen molar-refractivity contribution in [2.45, 2.75) is 29.6 Å². The second-order valence-electron chi connectivity index (χ2n) is 5.87. The highest BCUT2D eigenvalue weighted by Gasteiger charge is 2.19. The van der Waals surface area contributed by atoms with Gasteiger partial charge in [0.05, 0.1) is 5.60 Å². The number of benzene rings is 2. The molecule has 1 atom stereocenters. The third kappa shape index (κ3) is 6.02. The molecule has 2 aromatic rings. The number of hydrogen-bond acceptors (Lipinski definition) is 3. The Morgan fingerprint density at radius 2 is 1.83 bits per heavy atom. The van der Waals surface area contributed by atoms with E-state index in [4.69, 9.17) is 23.2 Å². The molecule has 2 aromatic carbocycles. The zero-order valence-corrected chi connectivity index (χ0v) is 15.6. The van der Waals surface area contributed by atoms with Gasteiger partial charge in [0.25, 0.3) is 0 Å². The molecule has 2 nitrogen and oxygen atoms in total. The summed E-state index contributed by atoms with van der Waals surface area (Å²) in [5.41, 5.74) is 1.46. The molecule has 0 fully saturated rings. The first-order valence-electron chi connectivity index (χ1n) is 7.42. The summed E-state index contributed by atoms with van der Waals surface area (Å²) in [5, 5.41) is 14.6. The number of thioether (sulfide) groups is 1. The number of nitrogens with one attached hydrogen (secondary N) is 1. The van der Waals surface area contributed by atoms with Gasteiger partial charge in [0.1, 0.15) is 0 Å². The van der Waals surface area contributed by atoms with Crippen molar-refractivity contribution in [3.05, 3.63) is 63.6 Å². The molecule has 23 heavy (non-hydrogen) atoms. The van der Waals surface area contributed by atoms with Crippen molar-refractivity contribution in [1.82, 2.24) is 5.32 Å². The molecule has 0 saturated carbocycles. The normalized spacial score (nSPS) is 13.8. The quantitative estimate of drug-likeness (QED) is 0.687. The van der Waals surface area contributed by atoms with Gasteiger partial charge in [-0.1, -0.05) is 41.4 Å². The van der Waals surface area contributed by atoms with Gasteiger partial charge in [0.2, 0.25) is 0 Å². The van der Waals surface area contributed by atoms with Crippen LogP contribution in [0, 0.1) is 0 Å². The zero-order valence-electron chi connectivity index (χ0n) is 13.3. The summed E-state index contributed by atoms with van der Waals surface area (Å²) in [6, 6.07) is 13.9. The minimum atomic E-state index is -0.736. The average molecular weight is 370 g/mol. The Labute approximate surface area is 152 Å². The highest BCUT2D eigenvalue weighted by molar-refractivity contribution is 7.98. The maximum atomic E-state index is 10.2. The van der Waals surface area contributed by atoms with Gasteiger partial charge in [-0.2, -0.15) is 0 Å². The molecule has 124 valence electrons. The van der Waals surface area contributed by atoms with Gasteiger partial charge < -0.3 is 10.4 Å². The zero-order chi connectivity index (χ0) is 16.9. The van der Waals surface area contributed by atoms with Crippen molar-refractivity contribution in [3.8, 4) is 0 Å². The van der Waals surface area contributed by atoms with Crippen LogP contribution in [0.15, 0.2) is 47.4 Å². The fraction of sp³-hybridized carbons (Fsp3) is 0.333. The lowest BCUT2D eigenvalue weighted by atomic mass is 9.97. The summed E-state index contributed by atoms with van der Waals surface area (Å²) in [5.74, 6) is 0.798. The van der Waals surface area contributed by atoms with E-state index >= 15 is 0 Å². The summed E-state index contributed by atoms with van der Waals surface area (Å²) in [6.45, 7) is 2.41. The molecular weight excluding hydrogens is 349 g/mol. The second-order valence-corrected chi connectivity index (χ2v) is 7.76. The maximum absolute atomic E-state index is 10.2. The summed E-state index contributed by atoms with van der Waals surface area (Å²) in [6.07, 6.45) is 0.627. The minimum absolute atomic E-state index is 0.568. The lowest BCUT2D eigenvalue weighted by molar-refractivity contribution is 0.0622. The van der Waals surface area contributed by atoms with Crippen molar-refractivity contribution in [1.29, 1.82) is 0 Å². The maximum Gasteiger partial charge on any atom is 0.0783 e. The van der Waals surface area contributed by atoms with E-state index in [1.165, 1.54) is 4.90 Å². The van der Waals surface area contributed by atoms with E-state index in [2.05, 4.69) is 29.6 Å². The summed E-state index contributed by atoms with van der Waals surface area (Å²) >= 11 is 13.8. The molecule has 0 aromatic heterocycles. The molecule has 0 saturated heterocycles. The first-order valence-corrected chi connectivity index (χ1v) is 9.16. The first-order chi connectivity index (χ1) is 10.9. The Balaban J connectivity index is 1.95. The Bertz CT molecular complexity index is 644. The largest absolute Gasteiger partial charge is 0.389 e. The molecule has 0 amide bonds. The highest BCUT2D eigenvalue weighted by Crippen LogP contribution is 2.29. The monoisotopic (exact) mass is 369 g/mol. The number of rotatable bonds is 7.